The van der Waals surface area contributed by atoms with E-state index in [0.717, 1.165) is 0 Å². The lowest BCUT2D eigenvalue weighted by Crippen LogP contribution is -2.34. The highest BCUT2D eigenvalue weighted by molar-refractivity contribution is 6.17. The minimum absolute atomic E-state index is 2.60. The van der Waals surface area contributed by atoms with Crippen molar-refractivity contribution in [3.05, 3.63) is 0 Å². The summed E-state index contributed by atoms with van der Waals surface area (Å²) >= 11 is 0. The summed E-state index contributed by atoms with van der Waals surface area (Å²) in [6, 6.07) is 0. The monoisotopic (exact) mass is 160 g/mol. The van der Waals surface area contributed by atoms with E-state index >= 15 is 0 Å². The third kappa shape index (κ3) is 2920. The number of hydrogen-bond acceptors (Lipinski definition) is 6. The predicted octanol–water partition coefficient (Wildman–Crippen LogP) is -5.81. The molecule has 50 valence electrons. The van der Waals surface area contributed by atoms with Crippen LogP contribution in [-0.4, -0.2) is 13.8 Å². The molecule has 0 radical (unpaired) electrons. The molecule has 0 aromatic heterocycles. The zero-order valence-corrected chi connectivity index (χ0v) is 5.12. The predicted molar refractivity (Wildman–Crippen MR) is 8.66 cm³/mol. The second-order valence-electron chi connectivity index (χ2n) is 0.451. The van der Waals surface area contributed by atoms with Crippen LogP contribution in [0.5, 0.6) is 0 Å². The van der Waals surface area contributed by atoms with Gasteiger partial charge in [0.25, 0.3) is 10.8 Å². The molecule has 6 nitrogen and oxygen atoms in total. The zero-order chi connectivity index (χ0) is 7.15. The van der Waals surface area contributed by atoms with Crippen LogP contribution in [0.2, 0.25) is 0 Å². The Morgan fingerprint density at radius 2 is 1.38 bits per heavy atom. The Balaban J connectivity index is 0. The first kappa shape index (κ1) is 10.7. The Morgan fingerprint density at radius 1 is 1.38 bits per heavy atom. The van der Waals surface area contributed by atoms with Crippen molar-refractivity contribution in [3.63, 3.8) is 0 Å². The summed E-state index contributed by atoms with van der Waals surface area (Å²) in [5.74, 6) is 0. The lowest BCUT2D eigenvalue weighted by Gasteiger charge is -1.94. The van der Waals surface area contributed by atoms with Crippen LogP contribution in [0.15, 0.2) is 0 Å². The fourth-order valence-corrected chi connectivity index (χ4v) is 0. The first-order valence-corrected chi connectivity index (χ1v) is 3.27. The van der Waals surface area contributed by atoms with Gasteiger partial charge in [-0.05, 0) is 0 Å². The maximum absolute atomic E-state index is 8.52. The van der Waals surface area contributed by atoms with E-state index in [1.807, 2.05) is 0 Å². The van der Waals surface area contributed by atoms with Gasteiger partial charge in [-0.15, -0.1) is 0 Å². The third-order valence-electron chi connectivity index (χ3n) is 0. The Kier molecular flexibility index (Phi) is 9.09. The Bertz CT molecular complexity index is 52.8. The Labute approximate surface area is 48.9 Å². The molecule has 0 heterocycles. The molecule has 0 bridgehead atoms. The molecule has 0 aromatic rings. The van der Waals surface area contributed by atoms with Crippen molar-refractivity contribution in [1.82, 2.24) is 0 Å². The van der Waals surface area contributed by atoms with Crippen molar-refractivity contribution >= 4 is 9.17 Å². The maximum Gasteiger partial charge on any atom is 0.282 e. The van der Waals surface area contributed by atoms with Crippen molar-refractivity contribution in [2.45, 2.75) is 0 Å². The topological polar surface area (TPSA) is 130 Å². The molecule has 0 aliphatic carbocycles. The van der Waals surface area contributed by atoms with Gasteiger partial charge in [0.2, 0.25) is 0 Å². The molecule has 0 unspecified atom stereocenters. The second-order valence-corrected chi connectivity index (χ2v) is 1.35. The SMILES string of the molecule is O=[Si]([O-])[O-].[O-][Cl+2]([O-])O. The zero-order valence-electron chi connectivity index (χ0n) is 3.37. The van der Waals surface area contributed by atoms with Crippen molar-refractivity contribution in [2.75, 3.05) is 0 Å². The van der Waals surface area contributed by atoms with Gasteiger partial charge in [0.15, 0.2) is 0 Å². The average molecular weight is 161 g/mol. The molecule has 0 saturated heterocycles. The molecule has 0 rings (SSSR count). The second kappa shape index (κ2) is 6.79. The van der Waals surface area contributed by atoms with Crippen LogP contribution < -0.4 is 18.9 Å². The van der Waals surface area contributed by atoms with E-state index in [4.69, 9.17) is 28.0 Å². The molecular weight excluding hydrogens is 160 g/mol. The standard InChI is InChI=1S/ClHO3.O3Si/c2-1(3)4;1-4(2)3/h2H;/q;-2. The van der Waals surface area contributed by atoms with Crippen LogP contribution in [0.1, 0.15) is 0 Å². The highest BCUT2D eigenvalue weighted by atomic mass is 35.6. The average Bonchev–Trinajstić information content (AvgIpc) is 1.25. The Morgan fingerprint density at radius 3 is 1.38 bits per heavy atom. The van der Waals surface area contributed by atoms with Crippen LogP contribution in [0, 0.1) is 10.8 Å². The summed E-state index contributed by atoms with van der Waals surface area (Å²) in [4.78, 5) is 17.0. The van der Waals surface area contributed by atoms with E-state index in [9.17, 15) is 0 Å². The van der Waals surface area contributed by atoms with Gasteiger partial charge in [-0.25, -0.2) is 0 Å². The van der Waals surface area contributed by atoms with E-state index < -0.39 is 20.0 Å². The molecule has 0 aliphatic rings. The lowest BCUT2D eigenvalue weighted by molar-refractivity contribution is -1.63. The lowest BCUT2D eigenvalue weighted by atomic mass is 15.8. The van der Waals surface area contributed by atoms with Gasteiger partial charge in [0.05, 0.1) is 0 Å². The highest BCUT2D eigenvalue weighted by Gasteiger charge is 1.79. The van der Waals surface area contributed by atoms with Gasteiger partial charge in [0, 0.05) is 13.8 Å². The quantitative estimate of drug-likeness (QED) is 0.351. The largest absolute Gasteiger partial charge is 0.672 e. The molecule has 0 saturated carbocycles. The number of halogens is 1. The van der Waals surface area contributed by atoms with Crippen LogP contribution in [-0.2, 0) is 4.46 Å². The fraction of sp³-hybridized carbons (Fsp3) is 0. The van der Waals surface area contributed by atoms with Gasteiger partial charge in [-0.1, -0.05) is 0 Å². The molecule has 0 amide bonds. The summed E-state index contributed by atoms with van der Waals surface area (Å²) in [5, 5.41) is 0. The van der Waals surface area contributed by atoms with Crippen molar-refractivity contribution < 1.29 is 38.8 Å². The van der Waals surface area contributed by atoms with E-state index in [0.29, 0.717) is 0 Å². The van der Waals surface area contributed by atoms with Crippen molar-refractivity contribution in [3.8, 4) is 0 Å². The summed E-state index contributed by atoms with van der Waals surface area (Å²) in [7, 11) is -6.23. The smallest absolute Gasteiger partial charge is 0.282 e. The molecule has 8 heavy (non-hydrogen) atoms. The normalized spacial score (nSPS) is 7.50. The van der Waals surface area contributed by atoms with Gasteiger partial charge in [-0.2, -0.15) is 0 Å². The molecule has 0 atom stereocenters. The minimum atomic E-state index is -3.63. The molecular formula is HClO6Si-2. The number of rotatable bonds is 0. The first-order chi connectivity index (χ1) is 3.46. The van der Waals surface area contributed by atoms with Gasteiger partial charge in [0.1, 0.15) is 0 Å². The van der Waals surface area contributed by atoms with E-state index in [2.05, 4.69) is 0 Å². The maximum atomic E-state index is 8.52. The third-order valence-corrected chi connectivity index (χ3v) is 0. The molecule has 0 fully saturated rings. The summed E-state index contributed by atoms with van der Waals surface area (Å²) < 4.78 is 32.5. The summed E-state index contributed by atoms with van der Waals surface area (Å²) in [6.45, 7) is 0. The van der Waals surface area contributed by atoms with Crippen LogP contribution in [0.4, 0.5) is 0 Å². The van der Waals surface area contributed by atoms with Gasteiger partial charge in [-0.3, -0.25) is 0 Å². The van der Waals surface area contributed by atoms with Crippen LogP contribution >= 0.6 is 0 Å². The van der Waals surface area contributed by atoms with Crippen LogP contribution in [0.25, 0.3) is 0 Å². The number of hydrogen-bond donors (Lipinski definition) is 1. The molecule has 0 aromatic carbocycles. The van der Waals surface area contributed by atoms with Gasteiger partial charge < -0.3 is 23.4 Å². The van der Waals surface area contributed by atoms with Gasteiger partial charge >= 0.3 is 0 Å². The molecule has 1 N–H and O–H groups in total. The van der Waals surface area contributed by atoms with Crippen LogP contribution in [0.3, 0.4) is 0 Å². The molecule has 0 aliphatic heterocycles. The van der Waals surface area contributed by atoms with E-state index in [1.165, 1.54) is 0 Å². The Hall–Kier alpha value is -0.213. The van der Waals surface area contributed by atoms with Crippen molar-refractivity contribution in [2.24, 2.45) is 0 Å². The van der Waals surface area contributed by atoms with Crippen molar-refractivity contribution in [1.29, 1.82) is 0 Å². The highest BCUT2D eigenvalue weighted by Crippen LogP contribution is 1.38. The summed E-state index contributed by atoms with van der Waals surface area (Å²) in [5.41, 5.74) is 0. The minimum Gasteiger partial charge on any atom is -0.672 e. The first-order valence-electron chi connectivity index (χ1n) is 1.09. The molecule has 0 spiro atoms. The van der Waals surface area contributed by atoms with E-state index in [-0.39, 0.29) is 0 Å². The fourth-order valence-electron chi connectivity index (χ4n) is 0. The summed E-state index contributed by atoms with van der Waals surface area (Å²) in [6.07, 6.45) is 0. The van der Waals surface area contributed by atoms with E-state index in [1.54, 1.807) is 0 Å². The molecule has 8 heteroatoms.